The van der Waals surface area contributed by atoms with E-state index in [0.29, 0.717) is 28.0 Å². The fourth-order valence-electron chi connectivity index (χ4n) is 2.10. The number of barbiturate groups is 1. The van der Waals surface area contributed by atoms with Gasteiger partial charge in [0.05, 0.1) is 15.9 Å². The Balaban J connectivity index is 2.69. The highest BCUT2D eigenvalue weighted by molar-refractivity contribution is 6.30. The lowest BCUT2D eigenvalue weighted by Gasteiger charge is -2.29. The van der Waals surface area contributed by atoms with Crippen LogP contribution in [0.4, 0.5) is 16.2 Å². The summed E-state index contributed by atoms with van der Waals surface area (Å²) in [4.78, 5) is 56.7. The molecule has 1 heterocycles. The number of nitro groups is 2. The first-order chi connectivity index (χ1) is 11.6. The fourth-order valence-corrected chi connectivity index (χ4v) is 2.10. The van der Waals surface area contributed by atoms with E-state index in [-0.39, 0.29) is 0 Å². The molecule has 0 spiro atoms. The van der Waals surface area contributed by atoms with E-state index in [1.807, 2.05) is 0 Å². The summed E-state index contributed by atoms with van der Waals surface area (Å²) in [7, 11) is 2.19. The maximum absolute atomic E-state index is 12.1. The average molecular weight is 349 g/mol. The van der Waals surface area contributed by atoms with E-state index in [1.54, 1.807) is 0 Å². The Morgan fingerprint density at radius 1 is 0.960 bits per heavy atom. The van der Waals surface area contributed by atoms with Crippen LogP contribution in [0.15, 0.2) is 17.7 Å². The van der Waals surface area contributed by atoms with Crippen LogP contribution in [-0.2, 0) is 9.59 Å². The maximum atomic E-state index is 12.1. The molecule has 0 aliphatic carbocycles. The molecule has 25 heavy (non-hydrogen) atoms. The van der Waals surface area contributed by atoms with Crippen LogP contribution >= 0.6 is 0 Å². The van der Waals surface area contributed by atoms with Gasteiger partial charge < -0.3 is 5.11 Å². The highest BCUT2D eigenvalue weighted by Gasteiger charge is 2.38. The summed E-state index contributed by atoms with van der Waals surface area (Å²) in [6.45, 7) is 0. The van der Waals surface area contributed by atoms with Crippen molar-refractivity contribution in [3.8, 4) is 5.75 Å². The molecule has 1 aromatic rings. The Morgan fingerprint density at radius 2 is 1.48 bits per heavy atom. The van der Waals surface area contributed by atoms with Gasteiger partial charge in [-0.15, -0.1) is 0 Å². The van der Waals surface area contributed by atoms with Gasteiger partial charge >= 0.3 is 6.03 Å². The summed E-state index contributed by atoms with van der Waals surface area (Å²) < 4.78 is 0. The molecular formula is C13H9N4O8-. The molecule has 1 aliphatic rings. The number of carbonyl (C=O) groups excluding carboxylic acids is 3. The molecular weight excluding hydrogens is 340 g/mol. The van der Waals surface area contributed by atoms with Gasteiger partial charge in [-0.1, -0.05) is 0 Å². The third-order valence-electron chi connectivity index (χ3n) is 3.43. The van der Waals surface area contributed by atoms with Gasteiger partial charge in [0, 0.05) is 20.2 Å². The van der Waals surface area contributed by atoms with Gasteiger partial charge in [-0.25, -0.2) is 4.79 Å². The molecule has 1 fully saturated rings. The van der Waals surface area contributed by atoms with E-state index in [2.05, 4.69) is 0 Å². The van der Waals surface area contributed by atoms with Crippen molar-refractivity contribution in [2.75, 3.05) is 14.1 Å². The molecule has 0 atom stereocenters. The number of nitro benzene ring substituents is 2. The number of likely N-dealkylation sites (N-methyl/N-ethyl adjacent to an activating group) is 2. The van der Waals surface area contributed by atoms with Crippen LogP contribution in [0, 0.1) is 20.2 Å². The van der Waals surface area contributed by atoms with Crippen molar-refractivity contribution in [3.63, 3.8) is 0 Å². The number of hydrogen-bond acceptors (Lipinski definition) is 8. The molecule has 0 saturated carbocycles. The number of imide groups is 2. The summed E-state index contributed by atoms with van der Waals surface area (Å²) in [5.41, 5.74) is -3.05. The summed E-state index contributed by atoms with van der Waals surface area (Å²) in [6, 6.07) is 0.287. The Kier molecular flexibility index (Phi) is 4.20. The zero-order valence-corrected chi connectivity index (χ0v) is 12.8. The fraction of sp³-hybridized carbons (Fsp3) is 0.154. The van der Waals surface area contributed by atoms with Gasteiger partial charge in [0.25, 0.3) is 23.2 Å². The van der Waals surface area contributed by atoms with Crippen LogP contribution in [0.3, 0.4) is 0 Å². The van der Waals surface area contributed by atoms with Crippen LogP contribution in [0.25, 0.3) is 6.08 Å². The Labute approximate surface area is 138 Å². The van der Waals surface area contributed by atoms with Crippen molar-refractivity contribution >= 4 is 35.3 Å². The molecule has 1 aromatic carbocycles. The number of benzene rings is 1. The third-order valence-corrected chi connectivity index (χ3v) is 3.43. The lowest BCUT2D eigenvalue weighted by Crippen LogP contribution is -2.52. The molecule has 0 bridgehead atoms. The smallest absolute Gasteiger partial charge is 0.333 e. The molecule has 1 saturated heterocycles. The van der Waals surface area contributed by atoms with Crippen molar-refractivity contribution in [1.29, 1.82) is 0 Å². The molecule has 12 nitrogen and oxygen atoms in total. The van der Waals surface area contributed by atoms with Crippen LogP contribution in [-0.4, -0.2) is 51.6 Å². The summed E-state index contributed by atoms with van der Waals surface area (Å²) in [6.07, 6.45) is 0.701. The lowest BCUT2D eigenvalue weighted by atomic mass is 10.0. The highest BCUT2D eigenvalue weighted by atomic mass is 16.6. The molecule has 12 heteroatoms. The zero-order valence-electron chi connectivity index (χ0n) is 12.8. The number of amides is 4. The predicted octanol–water partition coefficient (Wildman–Crippen LogP) is 0.0104. The number of hydrogen-bond donors (Lipinski definition) is 0. The lowest BCUT2D eigenvalue weighted by molar-refractivity contribution is -0.403. The SMILES string of the molecule is CN1C(=O)C(=Cc2cc([N+](=O)[O-])cc([N+](=O)[O-])c2[O-])C(=O)N(C)C1=O. The number of urea groups is 1. The Hall–Kier alpha value is -3.83. The molecule has 0 unspecified atom stereocenters. The van der Waals surface area contributed by atoms with Crippen molar-refractivity contribution in [2.24, 2.45) is 0 Å². The minimum Gasteiger partial charge on any atom is -0.867 e. The van der Waals surface area contributed by atoms with Crippen LogP contribution in [0.2, 0.25) is 0 Å². The molecule has 1 aliphatic heterocycles. The van der Waals surface area contributed by atoms with Crippen LogP contribution in [0.5, 0.6) is 5.75 Å². The third kappa shape index (κ3) is 2.87. The minimum atomic E-state index is -1.20. The quantitative estimate of drug-likeness (QED) is 0.318. The van der Waals surface area contributed by atoms with E-state index in [9.17, 15) is 39.7 Å². The van der Waals surface area contributed by atoms with Crippen molar-refractivity contribution < 1.29 is 29.3 Å². The minimum absolute atomic E-state index is 0.483. The van der Waals surface area contributed by atoms with Gasteiger partial charge in [-0.2, -0.15) is 0 Å². The molecule has 0 N–H and O–H groups in total. The zero-order chi connectivity index (χ0) is 19.0. The van der Waals surface area contributed by atoms with E-state index < -0.39 is 56.0 Å². The molecule has 130 valence electrons. The first-order valence-corrected chi connectivity index (χ1v) is 6.51. The van der Waals surface area contributed by atoms with Crippen molar-refractivity contribution in [1.82, 2.24) is 9.80 Å². The normalized spacial score (nSPS) is 14.8. The topological polar surface area (TPSA) is 167 Å². The van der Waals surface area contributed by atoms with Crippen molar-refractivity contribution in [3.05, 3.63) is 43.5 Å². The van der Waals surface area contributed by atoms with E-state index in [0.717, 1.165) is 14.1 Å². The van der Waals surface area contributed by atoms with Gasteiger partial charge in [0.1, 0.15) is 5.57 Å². The van der Waals surface area contributed by atoms with E-state index >= 15 is 0 Å². The van der Waals surface area contributed by atoms with Gasteiger partial charge in [0.15, 0.2) is 0 Å². The number of carbonyl (C=O) groups is 3. The van der Waals surface area contributed by atoms with Gasteiger partial charge in [-0.3, -0.25) is 39.6 Å². The second-order valence-electron chi connectivity index (χ2n) is 4.97. The first-order valence-electron chi connectivity index (χ1n) is 6.51. The van der Waals surface area contributed by atoms with E-state index in [1.165, 1.54) is 0 Å². The summed E-state index contributed by atoms with van der Waals surface area (Å²) in [5.74, 6) is -3.28. The van der Waals surface area contributed by atoms with Gasteiger partial charge in [0.2, 0.25) is 0 Å². The summed E-state index contributed by atoms with van der Waals surface area (Å²) in [5, 5.41) is 33.8. The second-order valence-corrected chi connectivity index (χ2v) is 4.97. The highest BCUT2D eigenvalue weighted by Crippen LogP contribution is 2.34. The predicted molar refractivity (Wildman–Crippen MR) is 78.1 cm³/mol. The molecule has 0 radical (unpaired) electrons. The number of nitrogens with zero attached hydrogens (tertiary/aromatic N) is 4. The number of rotatable bonds is 3. The maximum Gasteiger partial charge on any atom is 0.333 e. The summed E-state index contributed by atoms with van der Waals surface area (Å²) >= 11 is 0. The molecule has 4 amide bonds. The van der Waals surface area contributed by atoms with E-state index in [4.69, 9.17) is 0 Å². The Morgan fingerprint density at radius 3 is 1.92 bits per heavy atom. The molecule has 2 rings (SSSR count). The second kappa shape index (κ2) is 5.99. The monoisotopic (exact) mass is 349 g/mol. The number of non-ortho nitro benzene ring substituents is 1. The van der Waals surface area contributed by atoms with Gasteiger partial charge in [-0.05, 0) is 17.4 Å². The largest absolute Gasteiger partial charge is 0.867 e. The average Bonchev–Trinajstić information content (AvgIpc) is 2.55. The standard InChI is InChI=1S/C13H10N4O8/c1-14-11(19)8(12(20)15(2)13(14)21)4-6-3-7(16(22)23)5-9(10(6)18)17(24)25/h3-5,18H,1-2H3/p-1. The van der Waals surface area contributed by atoms with Crippen LogP contribution in [0.1, 0.15) is 5.56 Å². The van der Waals surface area contributed by atoms with Crippen molar-refractivity contribution in [2.45, 2.75) is 0 Å². The molecule has 0 aromatic heterocycles. The first kappa shape index (κ1) is 17.5. The Bertz CT molecular complexity index is 849. The van der Waals surface area contributed by atoms with Crippen LogP contribution < -0.4 is 5.11 Å².